The van der Waals surface area contributed by atoms with E-state index in [4.69, 9.17) is 19.8 Å². The minimum atomic E-state index is -1.82. The van der Waals surface area contributed by atoms with E-state index in [1.807, 2.05) is 24.3 Å². The molecule has 0 unspecified atom stereocenters. The number of Topliss-reactive ketones (excluding diaryl/α,β-unsaturated/α-hetero) is 1. The van der Waals surface area contributed by atoms with Crippen LogP contribution >= 0.6 is 0 Å². The summed E-state index contributed by atoms with van der Waals surface area (Å²) in [5.41, 5.74) is 2.00. The summed E-state index contributed by atoms with van der Waals surface area (Å²) in [5.74, 6) is -3.52. The van der Waals surface area contributed by atoms with Crippen molar-refractivity contribution in [2.24, 2.45) is 0 Å². The van der Waals surface area contributed by atoms with Crippen molar-refractivity contribution < 1.29 is 24.6 Å². The second-order valence-corrected chi connectivity index (χ2v) is 4.45. The highest BCUT2D eigenvalue weighted by Crippen LogP contribution is 2.15. The smallest absolute Gasteiger partial charge is 0.414 e. The quantitative estimate of drug-likeness (QED) is 0.537. The summed E-state index contributed by atoms with van der Waals surface area (Å²) < 4.78 is 0. The van der Waals surface area contributed by atoms with E-state index >= 15 is 0 Å². The first-order valence-electron chi connectivity index (χ1n) is 6.44. The molecule has 21 heavy (non-hydrogen) atoms. The first-order chi connectivity index (χ1) is 9.91. The molecule has 0 amide bonds. The van der Waals surface area contributed by atoms with Crippen LogP contribution in [-0.4, -0.2) is 54.1 Å². The minimum Gasteiger partial charge on any atom is -0.473 e. The van der Waals surface area contributed by atoms with Gasteiger partial charge in [0, 0.05) is 37.4 Å². The number of carboxylic acids is 2. The number of carbonyl (C=O) groups is 3. The van der Waals surface area contributed by atoms with Gasteiger partial charge in [-0.2, -0.15) is 0 Å². The molecular weight excluding hydrogens is 276 g/mol. The lowest BCUT2D eigenvalue weighted by Crippen LogP contribution is -2.43. The molecule has 1 saturated heterocycles. The van der Waals surface area contributed by atoms with Crippen molar-refractivity contribution in [1.82, 2.24) is 5.32 Å². The lowest BCUT2D eigenvalue weighted by Gasteiger charge is -2.29. The predicted molar refractivity (Wildman–Crippen MR) is 76.8 cm³/mol. The van der Waals surface area contributed by atoms with Crippen molar-refractivity contribution in [1.29, 1.82) is 0 Å². The van der Waals surface area contributed by atoms with Crippen molar-refractivity contribution in [2.45, 2.75) is 6.92 Å². The molecule has 1 heterocycles. The third kappa shape index (κ3) is 5.62. The lowest BCUT2D eigenvalue weighted by molar-refractivity contribution is -0.159. The number of nitrogens with one attached hydrogen (secondary N) is 1. The number of hydrogen-bond acceptors (Lipinski definition) is 5. The zero-order chi connectivity index (χ0) is 15.8. The highest BCUT2D eigenvalue weighted by Gasteiger charge is 2.10. The van der Waals surface area contributed by atoms with Gasteiger partial charge in [-0.25, -0.2) is 9.59 Å². The number of ketones is 1. The van der Waals surface area contributed by atoms with E-state index in [0.717, 1.165) is 31.7 Å². The normalized spacial score (nSPS) is 13.9. The molecule has 3 N–H and O–H groups in total. The summed E-state index contributed by atoms with van der Waals surface area (Å²) in [4.78, 5) is 31.6. The van der Waals surface area contributed by atoms with Crippen LogP contribution in [0.15, 0.2) is 24.3 Å². The highest BCUT2D eigenvalue weighted by atomic mass is 16.4. The van der Waals surface area contributed by atoms with E-state index in [0.29, 0.717) is 0 Å². The highest BCUT2D eigenvalue weighted by molar-refractivity contribution is 6.27. The Bertz CT molecular complexity index is 495. The average Bonchev–Trinajstić information content (AvgIpc) is 2.49. The van der Waals surface area contributed by atoms with Crippen LogP contribution in [0.3, 0.4) is 0 Å². The summed E-state index contributed by atoms with van der Waals surface area (Å²) in [7, 11) is 0. The van der Waals surface area contributed by atoms with Gasteiger partial charge in [0.1, 0.15) is 0 Å². The van der Waals surface area contributed by atoms with E-state index in [1.165, 1.54) is 5.69 Å². The zero-order valence-corrected chi connectivity index (χ0v) is 11.7. The molecule has 0 atom stereocenters. The van der Waals surface area contributed by atoms with Crippen LogP contribution in [0.2, 0.25) is 0 Å². The van der Waals surface area contributed by atoms with Crippen molar-refractivity contribution in [3.8, 4) is 0 Å². The molecule has 1 aromatic rings. The van der Waals surface area contributed by atoms with Gasteiger partial charge >= 0.3 is 11.9 Å². The summed E-state index contributed by atoms with van der Waals surface area (Å²) in [5, 5.41) is 18.1. The molecule has 0 radical (unpaired) electrons. The minimum absolute atomic E-state index is 0.127. The Morgan fingerprint density at radius 2 is 1.48 bits per heavy atom. The molecule has 0 bridgehead atoms. The van der Waals surface area contributed by atoms with Crippen LogP contribution in [0.1, 0.15) is 17.3 Å². The van der Waals surface area contributed by atoms with Gasteiger partial charge in [-0.05, 0) is 31.2 Å². The van der Waals surface area contributed by atoms with Gasteiger partial charge in [0.05, 0.1) is 0 Å². The lowest BCUT2D eigenvalue weighted by atomic mass is 10.1. The summed E-state index contributed by atoms with van der Waals surface area (Å²) in [6.07, 6.45) is 0. The SMILES string of the molecule is CC(=O)c1ccc(N2CCNCC2)cc1.O=C(O)C(=O)O. The number of carbonyl (C=O) groups excluding carboxylic acids is 1. The fourth-order valence-electron chi connectivity index (χ4n) is 1.83. The molecule has 1 aliphatic rings. The summed E-state index contributed by atoms with van der Waals surface area (Å²) in [6.45, 7) is 5.75. The first kappa shape index (κ1) is 16.6. The number of rotatable bonds is 2. The Morgan fingerprint density at radius 1 is 1.00 bits per heavy atom. The fraction of sp³-hybridized carbons (Fsp3) is 0.357. The van der Waals surface area contributed by atoms with Crippen molar-refractivity contribution in [2.75, 3.05) is 31.1 Å². The van der Waals surface area contributed by atoms with Crippen LogP contribution in [0, 0.1) is 0 Å². The van der Waals surface area contributed by atoms with Crippen LogP contribution < -0.4 is 10.2 Å². The Labute approximate surface area is 122 Å². The van der Waals surface area contributed by atoms with Crippen molar-refractivity contribution in [3.63, 3.8) is 0 Å². The molecule has 0 spiro atoms. The molecule has 1 aromatic carbocycles. The van der Waals surface area contributed by atoms with Gasteiger partial charge in [0.25, 0.3) is 0 Å². The van der Waals surface area contributed by atoms with Gasteiger partial charge in [-0.1, -0.05) is 0 Å². The van der Waals surface area contributed by atoms with Crippen LogP contribution in [0.5, 0.6) is 0 Å². The number of piperazine rings is 1. The number of hydrogen-bond donors (Lipinski definition) is 3. The molecule has 114 valence electrons. The van der Waals surface area contributed by atoms with Gasteiger partial charge < -0.3 is 20.4 Å². The van der Waals surface area contributed by atoms with E-state index in [1.54, 1.807) is 6.92 Å². The summed E-state index contributed by atoms with van der Waals surface area (Å²) in [6, 6.07) is 7.86. The molecule has 7 nitrogen and oxygen atoms in total. The van der Waals surface area contributed by atoms with Crippen molar-refractivity contribution in [3.05, 3.63) is 29.8 Å². The number of benzene rings is 1. The van der Waals surface area contributed by atoms with Crippen molar-refractivity contribution >= 4 is 23.4 Å². The Balaban J connectivity index is 0.000000315. The van der Waals surface area contributed by atoms with Crippen LogP contribution in [-0.2, 0) is 9.59 Å². The molecule has 1 fully saturated rings. The molecular formula is C14H18N2O5. The second kappa shape index (κ2) is 8.01. The molecule has 0 aromatic heterocycles. The molecule has 0 aliphatic carbocycles. The van der Waals surface area contributed by atoms with E-state index in [9.17, 15) is 4.79 Å². The third-order valence-electron chi connectivity index (χ3n) is 2.94. The first-order valence-corrected chi connectivity index (χ1v) is 6.44. The van der Waals surface area contributed by atoms with Gasteiger partial charge in [0.15, 0.2) is 5.78 Å². The topological polar surface area (TPSA) is 107 Å². The largest absolute Gasteiger partial charge is 0.473 e. The van der Waals surface area contributed by atoms with Gasteiger partial charge in [-0.15, -0.1) is 0 Å². The number of nitrogens with zero attached hydrogens (tertiary/aromatic N) is 1. The number of anilines is 1. The fourth-order valence-corrected chi connectivity index (χ4v) is 1.83. The van der Waals surface area contributed by atoms with E-state index < -0.39 is 11.9 Å². The van der Waals surface area contributed by atoms with Crippen LogP contribution in [0.4, 0.5) is 5.69 Å². The van der Waals surface area contributed by atoms with Gasteiger partial charge in [-0.3, -0.25) is 4.79 Å². The van der Waals surface area contributed by atoms with E-state index in [2.05, 4.69) is 10.2 Å². The maximum atomic E-state index is 11.1. The average molecular weight is 294 g/mol. The number of carboxylic acid groups (broad SMARTS) is 2. The molecule has 0 saturated carbocycles. The van der Waals surface area contributed by atoms with Crippen LogP contribution in [0.25, 0.3) is 0 Å². The van der Waals surface area contributed by atoms with Gasteiger partial charge in [0.2, 0.25) is 0 Å². The summed E-state index contributed by atoms with van der Waals surface area (Å²) >= 11 is 0. The molecule has 2 rings (SSSR count). The second-order valence-electron chi connectivity index (χ2n) is 4.45. The maximum absolute atomic E-state index is 11.1. The predicted octanol–water partition coefficient (Wildman–Crippen LogP) is 0.454. The third-order valence-corrected chi connectivity index (χ3v) is 2.94. The Kier molecular flexibility index (Phi) is 6.35. The Hall–Kier alpha value is -2.41. The monoisotopic (exact) mass is 294 g/mol. The zero-order valence-electron chi connectivity index (χ0n) is 11.7. The van der Waals surface area contributed by atoms with E-state index in [-0.39, 0.29) is 5.78 Å². The Morgan fingerprint density at radius 3 is 1.86 bits per heavy atom. The maximum Gasteiger partial charge on any atom is 0.414 e. The molecule has 7 heteroatoms. The molecule has 1 aliphatic heterocycles. The number of aliphatic carboxylic acids is 2. The standard InChI is InChI=1S/C12H16N2O.C2H2O4/c1-10(15)11-2-4-12(5-3-11)14-8-6-13-7-9-14;3-1(4)2(5)6/h2-5,13H,6-9H2,1H3;(H,3,4)(H,5,6).